The highest BCUT2D eigenvalue weighted by Gasteiger charge is 2.05. The summed E-state index contributed by atoms with van der Waals surface area (Å²) in [6.45, 7) is 4.07. The van der Waals surface area contributed by atoms with Gasteiger partial charge in [0.2, 0.25) is 0 Å². The molecule has 13 heavy (non-hydrogen) atoms. The van der Waals surface area contributed by atoms with Crippen molar-refractivity contribution in [3.8, 4) is 6.07 Å². The van der Waals surface area contributed by atoms with Crippen LogP contribution in [0.15, 0.2) is 18.2 Å². The minimum absolute atomic E-state index is 0.149. The number of hydrogen-bond donors (Lipinski definition) is 1. The summed E-state index contributed by atoms with van der Waals surface area (Å²) in [5.74, 6) is 0. The monoisotopic (exact) mass is 174 g/mol. The van der Waals surface area contributed by atoms with Crippen LogP contribution < -0.4 is 5.73 Å². The van der Waals surface area contributed by atoms with Crippen LogP contribution in [0.3, 0.4) is 0 Å². The number of nitriles is 1. The lowest BCUT2D eigenvalue weighted by atomic mass is 10.0. The Morgan fingerprint density at radius 2 is 1.85 bits per heavy atom. The van der Waals surface area contributed by atoms with Crippen LogP contribution in [0.25, 0.3) is 0 Å². The Bertz CT molecular complexity index is 316. The van der Waals surface area contributed by atoms with E-state index >= 15 is 0 Å². The second kappa shape index (κ2) is 4.06. The van der Waals surface area contributed by atoms with Gasteiger partial charge in [-0.15, -0.1) is 0 Å². The van der Waals surface area contributed by atoms with Gasteiger partial charge in [-0.2, -0.15) is 5.26 Å². The third kappa shape index (κ3) is 2.57. The summed E-state index contributed by atoms with van der Waals surface area (Å²) < 4.78 is 0. The molecule has 1 rings (SSSR count). The zero-order valence-electron chi connectivity index (χ0n) is 8.04. The number of rotatable bonds is 2. The molecule has 0 radical (unpaired) electrons. The molecule has 68 valence electrons. The first-order chi connectivity index (χ1) is 6.13. The molecular formula is C11H14N2. The third-order valence-corrected chi connectivity index (χ3v) is 1.98. The lowest BCUT2D eigenvalue weighted by molar-refractivity contribution is 0.746. The normalized spacial score (nSPS) is 12.2. The molecule has 0 unspecified atom stereocenters. The second-order valence-corrected chi connectivity index (χ2v) is 3.39. The quantitative estimate of drug-likeness (QED) is 0.747. The molecule has 1 atom stereocenters. The maximum atomic E-state index is 8.51. The van der Waals surface area contributed by atoms with E-state index in [1.54, 1.807) is 0 Å². The Balaban J connectivity index is 2.95. The summed E-state index contributed by atoms with van der Waals surface area (Å²) in [7, 11) is 0. The topological polar surface area (TPSA) is 49.8 Å². The largest absolute Gasteiger partial charge is 0.323 e. The molecule has 0 fully saturated rings. The Morgan fingerprint density at radius 3 is 2.31 bits per heavy atom. The molecule has 2 N–H and O–H groups in total. The fourth-order valence-corrected chi connectivity index (χ4v) is 1.44. The van der Waals surface area contributed by atoms with Crippen LogP contribution in [-0.4, -0.2) is 0 Å². The van der Waals surface area contributed by atoms with Crippen LogP contribution in [0.2, 0.25) is 0 Å². The minimum Gasteiger partial charge on any atom is -0.323 e. The zero-order chi connectivity index (χ0) is 9.84. The van der Waals surface area contributed by atoms with Crippen LogP contribution in [0.4, 0.5) is 0 Å². The summed E-state index contributed by atoms with van der Waals surface area (Å²) in [5.41, 5.74) is 9.27. The van der Waals surface area contributed by atoms with Crippen molar-refractivity contribution in [2.45, 2.75) is 26.3 Å². The molecule has 0 bridgehead atoms. The molecule has 0 saturated carbocycles. The molecular weight excluding hydrogens is 160 g/mol. The van der Waals surface area contributed by atoms with Crippen LogP contribution in [0, 0.1) is 25.2 Å². The van der Waals surface area contributed by atoms with Gasteiger partial charge in [0.1, 0.15) is 0 Å². The van der Waals surface area contributed by atoms with Gasteiger partial charge in [-0.3, -0.25) is 0 Å². The smallest absolute Gasteiger partial charge is 0.0641 e. The van der Waals surface area contributed by atoms with Crippen molar-refractivity contribution in [1.82, 2.24) is 0 Å². The molecule has 2 nitrogen and oxygen atoms in total. The predicted octanol–water partition coefficient (Wildman–Crippen LogP) is 2.22. The first-order valence-corrected chi connectivity index (χ1v) is 4.34. The Labute approximate surface area is 79.0 Å². The van der Waals surface area contributed by atoms with Gasteiger partial charge in [-0.25, -0.2) is 0 Å². The lowest BCUT2D eigenvalue weighted by Crippen LogP contribution is -2.09. The molecule has 0 aliphatic heterocycles. The minimum atomic E-state index is -0.149. The van der Waals surface area contributed by atoms with Crippen molar-refractivity contribution in [3.05, 3.63) is 34.9 Å². The van der Waals surface area contributed by atoms with E-state index in [9.17, 15) is 0 Å². The highest BCUT2D eigenvalue weighted by molar-refractivity contribution is 5.30. The van der Waals surface area contributed by atoms with E-state index in [1.165, 1.54) is 11.1 Å². The van der Waals surface area contributed by atoms with E-state index in [4.69, 9.17) is 11.0 Å². The lowest BCUT2D eigenvalue weighted by Gasteiger charge is -2.09. The maximum absolute atomic E-state index is 8.51. The third-order valence-electron chi connectivity index (χ3n) is 1.98. The van der Waals surface area contributed by atoms with Crippen LogP contribution >= 0.6 is 0 Å². The molecule has 0 spiro atoms. The van der Waals surface area contributed by atoms with E-state index in [0.717, 1.165) is 5.56 Å². The number of aryl methyl sites for hydroxylation is 2. The van der Waals surface area contributed by atoms with E-state index in [1.807, 2.05) is 26.0 Å². The molecule has 0 aliphatic carbocycles. The van der Waals surface area contributed by atoms with Crippen molar-refractivity contribution in [2.75, 3.05) is 0 Å². The zero-order valence-corrected chi connectivity index (χ0v) is 8.04. The maximum Gasteiger partial charge on any atom is 0.0641 e. The summed E-state index contributed by atoms with van der Waals surface area (Å²) in [5, 5.41) is 8.51. The van der Waals surface area contributed by atoms with Crippen LogP contribution in [0.1, 0.15) is 29.2 Å². The van der Waals surface area contributed by atoms with E-state index < -0.39 is 0 Å². The molecule has 0 saturated heterocycles. The van der Waals surface area contributed by atoms with Gasteiger partial charge < -0.3 is 5.73 Å². The van der Waals surface area contributed by atoms with Crippen LogP contribution in [-0.2, 0) is 0 Å². The summed E-state index contributed by atoms with van der Waals surface area (Å²) in [4.78, 5) is 0. The Morgan fingerprint density at radius 1 is 1.31 bits per heavy atom. The van der Waals surface area contributed by atoms with E-state index in [2.05, 4.69) is 12.1 Å². The van der Waals surface area contributed by atoms with Gasteiger partial charge in [0, 0.05) is 6.04 Å². The molecule has 0 heterocycles. The van der Waals surface area contributed by atoms with Crippen LogP contribution in [0.5, 0.6) is 0 Å². The highest BCUT2D eigenvalue weighted by atomic mass is 14.6. The van der Waals surface area contributed by atoms with Crippen molar-refractivity contribution in [3.63, 3.8) is 0 Å². The molecule has 1 aromatic carbocycles. The molecule has 0 aliphatic rings. The number of nitrogens with two attached hydrogens (primary N) is 1. The molecule has 1 aromatic rings. The van der Waals surface area contributed by atoms with Crippen molar-refractivity contribution < 1.29 is 0 Å². The fraction of sp³-hybridized carbons (Fsp3) is 0.364. The number of benzene rings is 1. The summed E-state index contributed by atoms with van der Waals surface area (Å²) >= 11 is 0. The molecule has 0 aromatic heterocycles. The first kappa shape index (κ1) is 9.76. The van der Waals surface area contributed by atoms with Gasteiger partial charge in [0.25, 0.3) is 0 Å². The van der Waals surface area contributed by atoms with Crippen molar-refractivity contribution in [1.29, 1.82) is 5.26 Å². The average molecular weight is 174 g/mol. The second-order valence-electron chi connectivity index (χ2n) is 3.39. The van der Waals surface area contributed by atoms with Gasteiger partial charge in [0.15, 0.2) is 0 Å². The summed E-state index contributed by atoms with van der Waals surface area (Å²) in [6.07, 6.45) is 0.378. The van der Waals surface area contributed by atoms with Gasteiger partial charge >= 0.3 is 0 Å². The SMILES string of the molecule is Cc1cc(C)cc([C@H](N)CC#N)c1. The van der Waals surface area contributed by atoms with E-state index in [-0.39, 0.29) is 6.04 Å². The standard InChI is InChI=1S/C11H14N2/c1-8-5-9(2)7-10(6-8)11(13)3-4-12/h5-7,11H,3,13H2,1-2H3/t11-/m1/s1. The number of hydrogen-bond acceptors (Lipinski definition) is 2. The molecule has 2 heteroatoms. The van der Waals surface area contributed by atoms with Gasteiger partial charge in [-0.05, 0) is 19.4 Å². The van der Waals surface area contributed by atoms with Gasteiger partial charge in [0.05, 0.1) is 12.5 Å². The van der Waals surface area contributed by atoms with Crippen molar-refractivity contribution >= 4 is 0 Å². The van der Waals surface area contributed by atoms with Gasteiger partial charge in [-0.1, -0.05) is 29.3 Å². The average Bonchev–Trinajstić information content (AvgIpc) is 2.03. The van der Waals surface area contributed by atoms with E-state index in [0.29, 0.717) is 6.42 Å². The van der Waals surface area contributed by atoms with Crippen molar-refractivity contribution in [2.24, 2.45) is 5.73 Å². The Kier molecular flexibility index (Phi) is 3.05. The highest BCUT2D eigenvalue weighted by Crippen LogP contribution is 2.16. The first-order valence-electron chi connectivity index (χ1n) is 4.34. The Hall–Kier alpha value is -1.33. The predicted molar refractivity (Wildman–Crippen MR) is 53.1 cm³/mol. The summed E-state index contributed by atoms with van der Waals surface area (Å²) in [6, 6.07) is 8.10. The fourth-order valence-electron chi connectivity index (χ4n) is 1.44. The molecule has 0 amide bonds. The number of nitrogens with zero attached hydrogens (tertiary/aromatic N) is 1.